The van der Waals surface area contributed by atoms with E-state index in [1.54, 1.807) is 6.20 Å². The molecule has 1 aliphatic heterocycles. The number of aromatic nitrogens is 3. The molecule has 3 rings (SSSR count). The first-order chi connectivity index (χ1) is 13.1. The van der Waals surface area contributed by atoms with Gasteiger partial charge in [-0.1, -0.05) is 0 Å². The molecule has 1 N–H and O–H groups in total. The molecule has 2 aromatic rings. The molecule has 0 atom stereocenters. The summed E-state index contributed by atoms with van der Waals surface area (Å²) in [5.41, 5.74) is 2.97. The zero-order valence-electron chi connectivity index (χ0n) is 15.3. The molecule has 0 saturated carbocycles. The summed E-state index contributed by atoms with van der Waals surface area (Å²) in [5, 5.41) is 7.39. The number of nitrogens with one attached hydrogen (secondary N) is 1. The number of fused-ring (bicyclic) bond motifs is 1. The maximum Gasteiger partial charge on any atom is 0.341 e. The van der Waals surface area contributed by atoms with Crippen LogP contribution in [-0.2, 0) is 35.5 Å². The molecule has 0 aliphatic carbocycles. The lowest BCUT2D eigenvalue weighted by Crippen LogP contribution is -2.24. The van der Waals surface area contributed by atoms with Crippen molar-refractivity contribution in [3.63, 3.8) is 0 Å². The van der Waals surface area contributed by atoms with Gasteiger partial charge in [-0.2, -0.15) is 5.10 Å². The van der Waals surface area contributed by atoms with Crippen LogP contribution in [0.25, 0.3) is 0 Å². The van der Waals surface area contributed by atoms with Gasteiger partial charge in [0.25, 0.3) is 0 Å². The van der Waals surface area contributed by atoms with Crippen molar-refractivity contribution in [1.82, 2.24) is 20.1 Å². The first kappa shape index (κ1) is 19.5. The Morgan fingerprint density at radius 1 is 1.33 bits per heavy atom. The highest BCUT2D eigenvalue weighted by molar-refractivity contribution is 9.10. The van der Waals surface area contributed by atoms with Crippen LogP contribution in [0.3, 0.4) is 0 Å². The number of pyridine rings is 1. The molecule has 1 aliphatic rings. The summed E-state index contributed by atoms with van der Waals surface area (Å²) >= 11 is 3.35. The molecule has 8 heteroatoms. The fourth-order valence-electron chi connectivity index (χ4n) is 3.26. The van der Waals surface area contributed by atoms with Crippen molar-refractivity contribution in [2.75, 3.05) is 7.11 Å². The topological polar surface area (TPSA) is 86.1 Å². The van der Waals surface area contributed by atoms with E-state index in [4.69, 9.17) is 4.74 Å². The van der Waals surface area contributed by atoms with Gasteiger partial charge < -0.3 is 10.1 Å². The van der Waals surface area contributed by atoms with Crippen molar-refractivity contribution in [3.8, 4) is 0 Å². The molecule has 0 unspecified atom stereocenters. The van der Waals surface area contributed by atoms with Gasteiger partial charge in [0.15, 0.2) is 0 Å². The van der Waals surface area contributed by atoms with Crippen LogP contribution >= 0.6 is 15.9 Å². The van der Waals surface area contributed by atoms with Gasteiger partial charge in [-0.3, -0.25) is 14.5 Å². The SMILES string of the molecule is COC(=O)c1c(CNC(=O)CCCc2ccc(Br)cn2)nn2c1CCCC2. The monoisotopic (exact) mass is 434 g/mol. The van der Waals surface area contributed by atoms with Crippen LogP contribution in [0.4, 0.5) is 0 Å². The number of hydrogen-bond acceptors (Lipinski definition) is 5. The van der Waals surface area contributed by atoms with Crippen molar-refractivity contribution in [2.24, 2.45) is 0 Å². The molecule has 144 valence electrons. The third-order valence-electron chi connectivity index (χ3n) is 4.63. The Hall–Kier alpha value is -2.22. The van der Waals surface area contributed by atoms with E-state index in [-0.39, 0.29) is 18.4 Å². The summed E-state index contributed by atoms with van der Waals surface area (Å²) in [6.45, 7) is 1.03. The number of amides is 1. The third kappa shape index (κ3) is 4.94. The number of methoxy groups -OCH3 is 1. The molecular weight excluding hydrogens is 412 g/mol. The first-order valence-corrected chi connectivity index (χ1v) is 9.91. The minimum Gasteiger partial charge on any atom is -0.465 e. The standard InChI is InChI=1S/C19H23BrN4O3/c1-27-19(26)18-15(23-24-10-3-2-6-16(18)24)12-22-17(25)7-4-5-14-9-8-13(20)11-21-14/h8-9,11H,2-7,10,12H2,1H3,(H,22,25). The number of aryl methyl sites for hydroxylation is 2. The van der Waals surface area contributed by atoms with Crippen LogP contribution in [0.2, 0.25) is 0 Å². The number of carbonyl (C=O) groups excluding carboxylic acids is 2. The van der Waals surface area contributed by atoms with Crippen molar-refractivity contribution >= 4 is 27.8 Å². The molecule has 0 spiro atoms. The zero-order valence-corrected chi connectivity index (χ0v) is 16.9. The highest BCUT2D eigenvalue weighted by Gasteiger charge is 2.26. The Morgan fingerprint density at radius 2 is 2.19 bits per heavy atom. The molecule has 0 saturated heterocycles. The highest BCUT2D eigenvalue weighted by Crippen LogP contribution is 2.22. The van der Waals surface area contributed by atoms with Gasteiger partial charge in [-0.05, 0) is 60.2 Å². The Morgan fingerprint density at radius 3 is 2.93 bits per heavy atom. The van der Waals surface area contributed by atoms with Crippen LogP contribution in [0.1, 0.15) is 53.1 Å². The van der Waals surface area contributed by atoms with Gasteiger partial charge in [-0.15, -0.1) is 0 Å². The molecule has 0 fully saturated rings. The molecule has 3 heterocycles. The summed E-state index contributed by atoms with van der Waals surface area (Å²) in [4.78, 5) is 28.6. The minimum atomic E-state index is -0.385. The van der Waals surface area contributed by atoms with Crippen molar-refractivity contribution < 1.29 is 14.3 Å². The van der Waals surface area contributed by atoms with E-state index in [0.29, 0.717) is 24.1 Å². The zero-order chi connectivity index (χ0) is 19.2. The Labute approximate surface area is 166 Å². The third-order valence-corrected chi connectivity index (χ3v) is 5.10. The van der Waals surface area contributed by atoms with Gasteiger partial charge >= 0.3 is 5.97 Å². The predicted octanol–water partition coefficient (Wildman–Crippen LogP) is 2.80. The number of nitrogens with zero attached hydrogens (tertiary/aromatic N) is 3. The second kappa shape index (κ2) is 9.12. The predicted molar refractivity (Wildman–Crippen MR) is 103 cm³/mol. The first-order valence-electron chi connectivity index (χ1n) is 9.12. The van der Waals surface area contributed by atoms with Crippen molar-refractivity contribution in [1.29, 1.82) is 0 Å². The van der Waals surface area contributed by atoms with E-state index < -0.39 is 0 Å². The lowest BCUT2D eigenvalue weighted by atomic mass is 10.0. The quantitative estimate of drug-likeness (QED) is 0.676. The van der Waals surface area contributed by atoms with Crippen molar-refractivity contribution in [3.05, 3.63) is 45.4 Å². The molecular formula is C19H23BrN4O3. The van der Waals surface area contributed by atoms with Crippen LogP contribution in [0.5, 0.6) is 0 Å². The molecule has 0 bridgehead atoms. The highest BCUT2D eigenvalue weighted by atomic mass is 79.9. The van der Waals surface area contributed by atoms with E-state index in [2.05, 4.69) is 31.3 Å². The maximum absolute atomic E-state index is 12.2. The lowest BCUT2D eigenvalue weighted by Gasteiger charge is -2.13. The second-order valence-corrected chi connectivity index (χ2v) is 7.45. The summed E-state index contributed by atoms with van der Waals surface area (Å²) in [7, 11) is 1.37. The van der Waals surface area contributed by atoms with Crippen LogP contribution in [0.15, 0.2) is 22.8 Å². The molecule has 1 amide bonds. The lowest BCUT2D eigenvalue weighted by molar-refractivity contribution is -0.121. The van der Waals surface area contributed by atoms with E-state index in [0.717, 1.165) is 48.1 Å². The Balaban J connectivity index is 1.54. The van der Waals surface area contributed by atoms with Crippen LogP contribution < -0.4 is 5.32 Å². The Kier molecular flexibility index (Phi) is 6.60. The van der Waals surface area contributed by atoms with Gasteiger partial charge in [0.05, 0.1) is 25.0 Å². The number of esters is 1. The van der Waals surface area contributed by atoms with Crippen LogP contribution in [-0.4, -0.2) is 33.8 Å². The summed E-state index contributed by atoms with van der Waals surface area (Å²) in [6, 6.07) is 3.89. The van der Waals surface area contributed by atoms with E-state index >= 15 is 0 Å². The molecule has 0 radical (unpaired) electrons. The average molecular weight is 435 g/mol. The van der Waals surface area contributed by atoms with E-state index in [1.807, 2.05) is 16.8 Å². The number of carbonyl (C=O) groups is 2. The normalized spacial score (nSPS) is 13.1. The summed E-state index contributed by atoms with van der Waals surface area (Å²) in [6.07, 6.45) is 6.50. The fourth-order valence-corrected chi connectivity index (χ4v) is 3.50. The van der Waals surface area contributed by atoms with Gasteiger partial charge in [0, 0.05) is 29.3 Å². The van der Waals surface area contributed by atoms with Crippen LogP contribution in [0, 0.1) is 0 Å². The van der Waals surface area contributed by atoms with Gasteiger partial charge in [-0.25, -0.2) is 4.79 Å². The number of halogens is 1. The second-order valence-electron chi connectivity index (χ2n) is 6.54. The molecule has 27 heavy (non-hydrogen) atoms. The van der Waals surface area contributed by atoms with Crippen molar-refractivity contribution in [2.45, 2.75) is 51.6 Å². The van der Waals surface area contributed by atoms with E-state index in [9.17, 15) is 9.59 Å². The smallest absolute Gasteiger partial charge is 0.341 e. The fraction of sp³-hybridized carbons (Fsp3) is 0.474. The minimum absolute atomic E-state index is 0.0612. The molecule has 2 aromatic heterocycles. The molecule has 0 aromatic carbocycles. The maximum atomic E-state index is 12.2. The number of ether oxygens (including phenoxy) is 1. The average Bonchev–Trinajstić information content (AvgIpc) is 3.06. The van der Waals surface area contributed by atoms with Gasteiger partial charge in [0.2, 0.25) is 5.91 Å². The number of hydrogen-bond donors (Lipinski definition) is 1. The Bertz CT molecular complexity index is 817. The number of rotatable bonds is 7. The molecule has 7 nitrogen and oxygen atoms in total. The summed E-state index contributed by atoms with van der Waals surface area (Å²) < 4.78 is 7.72. The summed E-state index contributed by atoms with van der Waals surface area (Å²) in [5.74, 6) is -0.447. The largest absolute Gasteiger partial charge is 0.465 e. The van der Waals surface area contributed by atoms with E-state index in [1.165, 1.54) is 7.11 Å². The van der Waals surface area contributed by atoms with Gasteiger partial charge in [0.1, 0.15) is 5.56 Å².